The monoisotopic (exact) mass is 371 g/mol. The fourth-order valence-electron chi connectivity index (χ4n) is 3.73. The highest BCUT2D eigenvalue weighted by molar-refractivity contribution is 6.05. The molecule has 2 fully saturated rings. The van der Waals surface area contributed by atoms with Crippen molar-refractivity contribution in [2.45, 2.75) is 12.8 Å². The first-order valence-corrected chi connectivity index (χ1v) is 9.53. The van der Waals surface area contributed by atoms with E-state index in [9.17, 15) is 9.59 Å². The number of para-hydroxylation sites is 1. The van der Waals surface area contributed by atoms with E-state index < -0.39 is 0 Å². The van der Waals surface area contributed by atoms with E-state index in [0.717, 1.165) is 50.2 Å². The minimum absolute atomic E-state index is 0.0485. The number of H-pyrrole nitrogens is 1. The summed E-state index contributed by atoms with van der Waals surface area (Å²) in [4.78, 5) is 28.9. The van der Waals surface area contributed by atoms with Crippen molar-refractivity contribution < 1.29 is 14.3 Å². The number of carbonyl (C=O) groups is 2. The number of rotatable bonds is 6. The van der Waals surface area contributed by atoms with Crippen LogP contribution in [0.3, 0.4) is 0 Å². The smallest absolute Gasteiger partial charge is 0.229 e. The molecule has 3 heterocycles. The lowest BCUT2D eigenvalue weighted by molar-refractivity contribution is -0.126. The van der Waals surface area contributed by atoms with E-state index >= 15 is 0 Å². The number of morpholine rings is 1. The second-order valence-electron chi connectivity index (χ2n) is 7.10. The van der Waals surface area contributed by atoms with E-state index in [1.165, 1.54) is 0 Å². The van der Waals surface area contributed by atoms with Gasteiger partial charge in [-0.25, -0.2) is 0 Å². The predicted molar refractivity (Wildman–Crippen MR) is 101 cm³/mol. The van der Waals surface area contributed by atoms with Gasteiger partial charge in [-0.05, 0) is 25.1 Å². The van der Waals surface area contributed by atoms with Crippen molar-refractivity contribution in [2.24, 2.45) is 5.92 Å². The average molecular weight is 371 g/mol. The van der Waals surface area contributed by atoms with Crippen LogP contribution >= 0.6 is 0 Å². The Kier molecular flexibility index (Phi) is 5.35. The quantitative estimate of drug-likeness (QED) is 0.732. The number of anilines is 1. The molecule has 144 valence electrons. The molecular formula is C19H25N5O3. The minimum atomic E-state index is -0.323. The van der Waals surface area contributed by atoms with E-state index in [0.29, 0.717) is 18.9 Å². The Bertz CT molecular complexity index is 815. The molecule has 0 bridgehead atoms. The van der Waals surface area contributed by atoms with Gasteiger partial charge in [0.15, 0.2) is 5.82 Å². The number of aromatic nitrogens is 2. The standard InChI is InChI=1S/C19H25N5O3/c25-17-12-14(19(26)20-6-3-7-23-8-10-27-11-9-23)13-24(17)18-15-4-1-2-5-16(15)21-22-18/h1-2,4-5,14H,3,6-13H2,(H,20,26)(H,21,22)/t14-/m0/s1. The van der Waals surface area contributed by atoms with Crippen molar-refractivity contribution in [1.29, 1.82) is 0 Å². The summed E-state index contributed by atoms with van der Waals surface area (Å²) >= 11 is 0. The molecule has 0 spiro atoms. The molecule has 0 saturated carbocycles. The maximum atomic E-state index is 12.5. The van der Waals surface area contributed by atoms with Crippen LogP contribution in [-0.2, 0) is 14.3 Å². The first-order valence-electron chi connectivity index (χ1n) is 9.53. The number of nitrogens with zero attached hydrogens (tertiary/aromatic N) is 3. The van der Waals surface area contributed by atoms with Gasteiger partial charge in [-0.1, -0.05) is 12.1 Å². The Hall–Kier alpha value is -2.45. The number of nitrogens with one attached hydrogen (secondary N) is 2. The average Bonchev–Trinajstić information content (AvgIpc) is 3.29. The Balaban J connectivity index is 1.29. The van der Waals surface area contributed by atoms with Crippen molar-refractivity contribution in [3.8, 4) is 0 Å². The second-order valence-corrected chi connectivity index (χ2v) is 7.10. The zero-order chi connectivity index (χ0) is 18.6. The molecule has 2 aliphatic rings. The zero-order valence-corrected chi connectivity index (χ0v) is 15.3. The van der Waals surface area contributed by atoms with Gasteiger partial charge >= 0.3 is 0 Å². The molecule has 0 radical (unpaired) electrons. The maximum absolute atomic E-state index is 12.5. The van der Waals surface area contributed by atoms with Crippen molar-refractivity contribution in [3.63, 3.8) is 0 Å². The Morgan fingerprint density at radius 2 is 2.11 bits per heavy atom. The summed E-state index contributed by atoms with van der Waals surface area (Å²) in [6.45, 7) is 5.45. The number of aromatic amines is 1. The lowest BCUT2D eigenvalue weighted by atomic mass is 10.1. The summed E-state index contributed by atoms with van der Waals surface area (Å²) in [5, 5.41) is 11.1. The van der Waals surface area contributed by atoms with Crippen LogP contribution in [0.15, 0.2) is 24.3 Å². The van der Waals surface area contributed by atoms with Crippen LogP contribution in [0.5, 0.6) is 0 Å². The molecule has 0 aliphatic carbocycles. The third kappa shape index (κ3) is 3.96. The second kappa shape index (κ2) is 8.06. The summed E-state index contributed by atoms with van der Waals surface area (Å²) in [6, 6.07) is 7.69. The van der Waals surface area contributed by atoms with Gasteiger partial charge in [0.05, 0.1) is 24.6 Å². The molecule has 27 heavy (non-hydrogen) atoms. The van der Waals surface area contributed by atoms with Crippen molar-refractivity contribution in [3.05, 3.63) is 24.3 Å². The van der Waals surface area contributed by atoms with Crippen molar-refractivity contribution in [1.82, 2.24) is 20.4 Å². The van der Waals surface area contributed by atoms with E-state index in [4.69, 9.17) is 4.74 Å². The minimum Gasteiger partial charge on any atom is -0.379 e. The van der Waals surface area contributed by atoms with Gasteiger partial charge < -0.3 is 10.1 Å². The number of fused-ring (bicyclic) bond motifs is 1. The lowest BCUT2D eigenvalue weighted by Crippen LogP contribution is -2.39. The van der Waals surface area contributed by atoms with Gasteiger partial charge in [-0.15, -0.1) is 0 Å². The number of hydrogen-bond acceptors (Lipinski definition) is 5. The number of ether oxygens (including phenoxy) is 1. The Labute approximate surface area is 157 Å². The largest absolute Gasteiger partial charge is 0.379 e. The van der Waals surface area contributed by atoms with Crippen LogP contribution in [0.25, 0.3) is 10.9 Å². The Morgan fingerprint density at radius 1 is 1.30 bits per heavy atom. The fourth-order valence-corrected chi connectivity index (χ4v) is 3.73. The third-order valence-corrected chi connectivity index (χ3v) is 5.26. The molecule has 2 aromatic rings. The van der Waals surface area contributed by atoms with Gasteiger partial charge in [-0.2, -0.15) is 5.10 Å². The van der Waals surface area contributed by atoms with Gasteiger partial charge in [-0.3, -0.25) is 24.5 Å². The van der Waals surface area contributed by atoms with Gasteiger partial charge in [0, 0.05) is 38.0 Å². The number of amides is 2. The molecule has 2 amide bonds. The van der Waals surface area contributed by atoms with E-state index in [-0.39, 0.29) is 24.2 Å². The fraction of sp³-hybridized carbons (Fsp3) is 0.526. The van der Waals surface area contributed by atoms with Crippen LogP contribution in [0.2, 0.25) is 0 Å². The first kappa shape index (κ1) is 17.9. The summed E-state index contributed by atoms with van der Waals surface area (Å²) in [5.74, 6) is 0.183. The molecule has 0 unspecified atom stereocenters. The molecule has 1 atom stereocenters. The molecule has 2 aliphatic heterocycles. The molecule has 8 heteroatoms. The van der Waals surface area contributed by atoms with E-state index in [1.807, 2.05) is 24.3 Å². The van der Waals surface area contributed by atoms with Gasteiger partial charge in [0.1, 0.15) is 0 Å². The number of carbonyl (C=O) groups excluding carboxylic acids is 2. The Morgan fingerprint density at radius 3 is 2.96 bits per heavy atom. The highest BCUT2D eigenvalue weighted by Gasteiger charge is 2.36. The van der Waals surface area contributed by atoms with Crippen LogP contribution in [-0.4, -0.2) is 72.8 Å². The summed E-state index contributed by atoms with van der Waals surface area (Å²) in [5.41, 5.74) is 0.885. The highest BCUT2D eigenvalue weighted by Crippen LogP contribution is 2.29. The molecule has 8 nitrogen and oxygen atoms in total. The van der Waals surface area contributed by atoms with Gasteiger partial charge in [0.2, 0.25) is 11.8 Å². The van der Waals surface area contributed by atoms with E-state index in [1.54, 1.807) is 4.90 Å². The first-order chi connectivity index (χ1) is 13.2. The topological polar surface area (TPSA) is 90.6 Å². The molecule has 2 N–H and O–H groups in total. The molecular weight excluding hydrogens is 346 g/mol. The molecule has 2 saturated heterocycles. The van der Waals surface area contributed by atoms with Crippen LogP contribution < -0.4 is 10.2 Å². The molecule has 1 aromatic carbocycles. The van der Waals surface area contributed by atoms with E-state index in [2.05, 4.69) is 20.4 Å². The normalized spacial score (nSPS) is 21.1. The van der Waals surface area contributed by atoms with Crippen LogP contribution in [0, 0.1) is 5.92 Å². The summed E-state index contributed by atoms with van der Waals surface area (Å²) in [7, 11) is 0. The predicted octanol–water partition coefficient (Wildman–Crippen LogP) is 0.754. The van der Waals surface area contributed by atoms with Crippen LogP contribution in [0.4, 0.5) is 5.82 Å². The number of hydrogen-bond donors (Lipinski definition) is 2. The highest BCUT2D eigenvalue weighted by atomic mass is 16.5. The molecule has 4 rings (SSSR count). The summed E-state index contributed by atoms with van der Waals surface area (Å²) < 4.78 is 5.33. The zero-order valence-electron chi connectivity index (χ0n) is 15.3. The SMILES string of the molecule is O=C(NCCCN1CCOCC1)[C@H]1CC(=O)N(c2n[nH]c3ccccc23)C1. The molecule has 1 aromatic heterocycles. The summed E-state index contributed by atoms with van der Waals surface area (Å²) in [6.07, 6.45) is 1.14. The van der Waals surface area contributed by atoms with Gasteiger partial charge in [0.25, 0.3) is 0 Å². The maximum Gasteiger partial charge on any atom is 0.229 e. The van der Waals surface area contributed by atoms with Crippen molar-refractivity contribution in [2.75, 3.05) is 50.8 Å². The third-order valence-electron chi connectivity index (χ3n) is 5.26. The number of benzene rings is 1. The lowest BCUT2D eigenvalue weighted by Gasteiger charge is -2.26. The van der Waals surface area contributed by atoms with Crippen molar-refractivity contribution >= 4 is 28.5 Å². The van der Waals surface area contributed by atoms with Crippen LogP contribution in [0.1, 0.15) is 12.8 Å².